The van der Waals surface area contributed by atoms with Gasteiger partial charge >= 0.3 is 0 Å². The van der Waals surface area contributed by atoms with Crippen LogP contribution in [0.3, 0.4) is 0 Å². The number of hydrogen-bond donors (Lipinski definition) is 2. The Hall–Kier alpha value is -0.990. The van der Waals surface area contributed by atoms with Crippen LogP contribution in [-0.4, -0.2) is 10.2 Å². The van der Waals surface area contributed by atoms with E-state index < -0.39 is 0 Å². The fourth-order valence-corrected chi connectivity index (χ4v) is 2.16. The van der Waals surface area contributed by atoms with Gasteiger partial charge in [-0.05, 0) is 24.7 Å². The number of nitrogens with two attached hydrogens (primary N) is 1. The van der Waals surface area contributed by atoms with Crippen LogP contribution in [0.25, 0.3) is 0 Å². The van der Waals surface area contributed by atoms with E-state index in [1.807, 2.05) is 0 Å². The standard InChI is InChI=1S/C11H19N3/c1-6(2)9-10(13-14-11(9)12)7(3)8-4-5-8/h6-8H,4-5H2,1-3H3,(H3,12,13,14). The van der Waals surface area contributed by atoms with Crippen LogP contribution >= 0.6 is 0 Å². The molecular weight excluding hydrogens is 174 g/mol. The third kappa shape index (κ3) is 1.51. The Morgan fingerprint density at radius 1 is 1.36 bits per heavy atom. The fourth-order valence-electron chi connectivity index (χ4n) is 2.16. The molecule has 78 valence electrons. The molecule has 0 spiro atoms. The summed E-state index contributed by atoms with van der Waals surface area (Å²) >= 11 is 0. The molecule has 1 aliphatic carbocycles. The summed E-state index contributed by atoms with van der Waals surface area (Å²) in [6, 6.07) is 0. The van der Waals surface area contributed by atoms with Gasteiger partial charge in [-0.1, -0.05) is 20.8 Å². The molecule has 1 aromatic rings. The van der Waals surface area contributed by atoms with Gasteiger partial charge in [0.1, 0.15) is 5.82 Å². The zero-order valence-corrected chi connectivity index (χ0v) is 9.17. The Morgan fingerprint density at radius 3 is 2.50 bits per heavy atom. The van der Waals surface area contributed by atoms with Gasteiger partial charge in [-0.15, -0.1) is 0 Å². The van der Waals surface area contributed by atoms with Gasteiger partial charge in [-0.25, -0.2) is 0 Å². The minimum absolute atomic E-state index is 0.463. The lowest BCUT2D eigenvalue weighted by Crippen LogP contribution is -2.03. The van der Waals surface area contributed by atoms with Crippen LogP contribution in [0, 0.1) is 5.92 Å². The minimum atomic E-state index is 0.463. The summed E-state index contributed by atoms with van der Waals surface area (Å²) in [5.41, 5.74) is 8.35. The van der Waals surface area contributed by atoms with Gasteiger partial charge in [0.15, 0.2) is 0 Å². The van der Waals surface area contributed by atoms with Crippen LogP contribution < -0.4 is 5.73 Å². The van der Waals surface area contributed by atoms with Crippen LogP contribution in [0.4, 0.5) is 5.82 Å². The van der Waals surface area contributed by atoms with Crippen molar-refractivity contribution in [1.82, 2.24) is 10.2 Å². The molecular formula is C11H19N3. The Labute approximate surface area is 85.1 Å². The lowest BCUT2D eigenvalue weighted by atomic mass is 9.93. The molecule has 3 nitrogen and oxygen atoms in total. The molecule has 0 amide bonds. The largest absolute Gasteiger partial charge is 0.382 e. The summed E-state index contributed by atoms with van der Waals surface area (Å²) in [6.45, 7) is 6.62. The van der Waals surface area contributed by atoms with E-state index in [2.05, 4.69) is 31.0 Å². The van der Waals surface area contributed by atoms with Gasteiger partial charge in [0.05, 0.1) is 0 Å². The van der Waals surface area contributed by atoms with Crippen molar-refractivity contribution in [3.63, 3.8) is 0 Å². The minimum Gasteiger partial charge on any atom is -0.382 e. The fraction of sp³-hybridized carbons (Fsp3) is 0.727. The second-order valence-corrected chi connectivity index (χ2v) is 4.72. The number of rotatable bonds is 3. The molecule has 1 unspecified atom stereocenters. The van der Waals surface area contributed by atoms with Crippen molar-refractivity contribution in [3.8, 4) is 0 Å². The van der Waals surface area contributed by atoms with E-state index in [-0.39, 0.29) is 0 Å². The highest BCUT2D eigenvalue weighted by Gasteiger charge is 2.32. The van der Waals surface area contributed by atoms with Crippen molar-refractivity contribution in [3.05, 3.63) is 11.3 Å². The molecule has 3 N–H and O–H groups in total. The number of hydrogen-bond acceptors (Lipinski definition) is 2. The van der Waals surface area contributed by atoms with Gasteiger partial charge in [0.25, 0.3) is 0 Å². The summed E-state index contributed by atoms with van der Waals surface area (Å²) in [5, 5.41) is 7.22. The lowest BCUT2D eigenvalue weighted by molar-refractivity contribution is 0.628. The Morgan fingerprint density at radius 2 is 2.00 bits per heavy atom. The van der Waals surface area contributed by atoms with Gasteiger partial charge in [-0.2, -0.15) is 5.10 Å². The van der Waals surface area contributed by atoms with Crippen molar-refractivity contribution in [2.24, 2.45) is 5.92 Å². The normalized spacial score (nSPS) is 18.9. The average Bonchev–Trinajstić information content (AvgIpc) is 2.88. The van der Waals surface area contributed by atoms with E-state index in [0.29, 0.717) is 17.7 Å². The van der Waals surface area contributed by atoms with E-state index in [9.17, 15) is 0 Å². The van der Waals surface area contributed by atoms with E-state index >= 15 is 0 Å². The molecule has 1 aliphatic rings. The van der Waals surface area contributed by atoms with E-state index in [4.69, 9.17) is 5.73 Å². The van der Waals surface area contributed by atoms with Crippen LogP contribution in [0.15, 0.2) is 0 Å². The molecule has 2 rings (SSSR count). The van der Waals surface area contributed by atoms with E-state index in [0.717, 1.165) is 5.92 Å². The molecule has 1 heterocycles. The SMILES string of the molecule is CC(C)c1c(N)n[nH]c1C(C)C1CC1. The van der Waals surface area contributed by atoms with Crippen molar-refractivity contribution in [2.75, 3.05) is 5.73 Å². The highest BCUT2D eigenvalue weighted by Crippen LogP contribution is 2.44. The van der Waals surface area contributed by atoms with Crippen molar-refractivity contribution in [2.45, 2.75) is 45.4 Å². The smallest absolute Gasteiger partial charge is 0.148 e. The molecule has 0 bridgehead atoms. The second kappa shape index (κ2) is 3.30. The highest BCUT2D eigenvalue weighted by atomic mass is 15.2. The molecule has 1 saturated carbocycles. The van der Waals surface area contributed by atoms with Gasteiger partial charge in [0, 0.05) is 17.2 Å². The summed E-state index contributed by atoms with van der Waals surface area (Å²) < 4.78 is 0. The monoisotopic (exact) mass is 193 g/mol. The van der Waals surface area contributed by atoms with Crippen molar-refractivity contribution < 1.29 is 0 Å². The zero-order valence-electron chi connectivity index (χ0n) is 9.17. The van der Waals surface area contributed by atoms with Crippen LogP contribution in [-0.2, 0) is 0 Å². The number of nitrogens with one attached hydrogen (secondary N) is 1. The first-order chi connectivity index (χ1) is 6.61. The molecule has 0 aliphatic heterocycles. The first-order valence-electron chi connectivity index (χ1n) is 5.45. The van der Waals surface area contributed by atoms with Crippen LogP contribution in [0.5, 0.6) is 0 Å². The predicted octanol–water partition coefficient (Wildman–Crippen LogP) is 2.63. The highest BCUT2D eigenvalue weighted by molar-refractivity contribution is 5.45. The predicted molar refractivity (Wildman–Crippen MR) is 58.2 cm³/mol. The number of nitrogen functional groups attached to an aromatic ring is 1. The number of H-pyrrole nitrogens is 1. The summed E-state index contributed by atoms with van der Waals surface area (Å²) in [7, 11) is 0. The molecule has 1 aromatic heterocycles. The summed E-state index contributed by atoms with van der Waals surface area (Å²) in [5.74, 6) is 2.59. The van der Waals surface area contributed by atoms with E-state index in [1.165, 1.54) is 24.1 Å². The molecule has 0 radical (unpaired) electrons. The average molecular weight is 193 g/mol. The van der Waals surface area contributed by atoms with Crippen molar-refractivity contribution in [1.29, 1.82) is 0 Å². The number of aromatic amines is 1. The molecule has 1 fully saturated rings. The van der Waals surface area contributed by atoms with Gasteiger partial charge in [-0.3, -0.25) is 5.10 Å². The maximum absolute atomic E-state index is 5.86. The third-order valence-electron chi connectivity index (χ3n) is 3.22. The summed E-state index contributed by atoms with van der Waals surface area (Å²) in [4.78, 5) is 0. The molecule has 0 saturated heterocycles. The first kappa shape index (κ1) is 9.56. The van der Waals surface area contributed by atoms with Gasteiger partial charge < -0.3 is 5.73 Å². The maximum atomic E-state index is 5.86. The van der Waals surface area contributed by atoms with Gasteiger partial charge in [0.2, 0.25) is 0 Å². The number of anilines is 1. The lowest BCUT2D eigenvalue weighted by Gasteiger charge is -2.13. The zero-order chi connectivity index (χ0) is 10.3. The second-order valence-electron chi connectivity index (χ2n) is 4.72. The molecule has 1 atom stereocenters. The maximum Gasteiger partial charge on any atom is 0.148 e. The molecule has 3 heteroatoms. The van der Waals surface area contributed by atoms with E-state index in [1.54, 1.807) is 0 Å². The van der Waals surface area contributed by atoms with Crippen molar-refractivity contribution >= 4 is 5.82 Å². The Balaban J connectivity index is 2.31. The molecule has 0 aromatic carbocycles. The Kier molecular flexibility index (Phi) is 2.25. The quantitative estimate of drug-likeness (QED) is 0.775. The Bertz CT molecular complexity index is 323. The molecule has 14 heavy (non-hydrogen) atoms. The summed E-state index contributed by atoms with van der Waals surface area (Å²) in [6.07, 6.45) is 2.72. The first-order valence-corrected chi connectivity index (χ1v) is 5.45. The third-order valence-corrected chi connectivity index (χ3v) is 3.22. The number of aromatic nitrogens is 2. The van der Waals surface area contributed by atoms with Crippen LogP contribution in [0.2, 0.25) is 0 Å². The number of nitrogens with zero attached hydrogens (tertiary/aromatic N) is 1. The topological polar surface area (TPSA) is 54.7 Å². The van der Waals surface area contributed by atoms with Crippen LogP contribution in [0.1, 0.15) is 56.7 Å².